The topological polar surface area (TPSA) is 12.0 Å². The zero-order valence-corrected chi connectivity index (χ0v) is 11.9. The van der Waals surface area contributed by atoms with Gasteiger partial charge in [-0.05, 0) is 37.8 Å². The molecule has 3 heteroatoms. The van der Waals surface area contributed by atoms with Crippen LogP contribution in [0, 0.1) is 24.0 Å². The molecule has 0 fully saturated rings. The van der Waals surface area contributed by atoms with Gasteiger partial charge in [-0.3, -0.25) is 0 Å². The van der Waals surface area contributed by atoms with Gasteiger partial charge in [-0.15, -0.1) is 0 Å². The van der Waals surface area contributed by atoms with Crippen LogP contribution in [-0.2, 0) is 0 Å². The van der Waals surface area contributed by atoms with Gasteiger partial charge in [0.1, 0.15) is 0 Å². The summed E-state index contributed by atoms with van der Waals surface area (Å²) in [6.07, 6.45) is 1.74. The lowest BCUT2D eigenvalue weighted by molar-refractivity contribution is 0.333. The van der Waals surface area contributed by atoms with E-state index in [9.17, 15) is 8.78 Å². The van der Waals surface area contributed by atoms with E-state index in [2.05, 4.69) is 26.1 Å². The van der Waals surface area contributed by atoms with Gasteiger partial charge in [0.25, 0.3) is 0 Å². The fourth-order valence-corrected chi connectivity index (χ4v) is 1.96. The fraction of sp³-hybridized carbons (Fsp3) is 0.600. The number of halogens is 2. The molecule has 0 bridgehead atoms. The van der Waals surface area contributed by atoms with Gasteiger partial charge in [0, 0.05) is 11.6 Å². The van der Waals surface area contributed by atoms with Crippen LogP contribution in [0.2, 0.25) is 0 Å². The Balaban J connectivity index is 2.92. The Labute approximate surface area is 109 Å². The zero-order chi connectivity index (χ0) is 13.9. The van der Waals surface area contributed by atoms with Crippen LogP contribution in [0.1, 0.15) is 50.8 Å². The molecule has 0 heterocycles. The number of aryl methyl sites for hydroxylation is 1. The highest BCUT2D eigenvalue weighted by atomic mass is 19.2. The molecule has 18 heavy (non-hydrogen) atoms. The molecule has 102 valence electrons. The molecule has 1 unspecified atom stereocenters. The van der Waals surface area contributed by atoms with Gasteiger partial charge in [0.05, 0.1) is 0 Å². The minimum atomic E-state index is -0.733. The second-order valence-electron chi connectivity index (χ2n) is 6.04. The van der Waals surface area contributed by atoms with E-state index in [1.165, 1.54) is 0 Å². The number of rotatable bonds is 4. The van der Waals surface area contributed by atoms with Crippen molar-refractivity contribution >= 4 is 0 Å². The molecule has 0 spiro atoms. The molecule has 1 N–H and O–H groups in total. The molecule has 0 aromatic heterocycles. The summed E-state index contributed by atoms with van der Waals surface area (Å²) in [4.78, 5) is 0. The number of nitrogens with one attached hydrogen (secondary N) is 1. The standard InChI is InChI=1S/C15H23F2N/c1-10-6-7-11(14(17)13(10)16)12(18-5)8-9-15(2,3)4/h6-7,12,18H,8-9H2,1-5H3. The molecular weight excluding hydrogens is 232 g/mol. The van der Waals surface area contributed by atoms with Gasteiger partial charge < -0.3 is 5.32 Å². The highest BCUT2D eigenvalue weighted by Crippen LogP contribution is 2.29. The molecule has 0 radical (unpaired) electrons. The van der Waals surface area contributed by atoms with Gasteiger partial charge in [-0.25, -0.2) is 8.78 Å². The van der Waals surface area contributed by atoms with E-state index in [1.54, 1.807) is 26.1 Å². The molecule has 1 rings (SSSR count). The van der Waals surface area contributed by atoms with Crippen molar-refractivity contribution < 1.29 is 8.78 Å². The first-order chi connectivity index (χ1) is 8.26. The van der Waals surface area contributed by atoms with Crippen LogP contribution in [0.25, 0.3) is 0 Å². The Kier molecular flexibility index (Phi) is 4.85. The maximum atomic E-state index is 13.9. The first-order valence-electron chi connectivity index (χ1n) is 6.38. The van der Waals surface area contributed by atoms with E-state index in [0.717, 1.165) is 12.8 Å². The van der Waals surface area contributed by atoms with E-state index in [-0.39, 0.29) is 11.5 Å². The summed E-state index contributed by atoms with van der Waals surface area (Å²) in [7, 11) is 1.78. The van der Waals surface area contributed by atoms with Crippen molar-refractivity contribution in [3.8, 4) is 0 Å². The largest absolute Gasteiger partial charge is 0.313 e. The molecule has 0 amide bonds. The molecule has 1 aromatic rings. The zero-order valence-electron chi connectivity index (χ0n) is 11.9. The number of benzene rings is 1. The van der Waals surface area contributed by atoms with Gasteiger partial charge in [0.15, 0.2) is 11.6 Å². The van der Waals surface area contributed by atoms with Crippen molar-refractivity contribution in [3.05, 3.63) is 34.9 Å². The normalized spacial score (nSPS) is 13.7. The summed E-state index contributed by atoms with van der Waals surface area (Å²) in [5.74, 6) is -1.45. The van der Waals surface area contributed by atoms with Gasteiger partial charge in [-0.2, -0.15) is 0 Å². The Hall–Kier alpha value is -0.960. The monoisotopic (exact) mass is 255 g/mol. The predicted molar refractivity (Wildman–Crippen MR) is 71.6 cm³/mol. The summed E-state index contributed by atoms with van der Waals surface area (Å²) >= 11 is 0. The smallest absolute Gasteiger partial charge is 0.163 e. The Morgan fingerprint density at radius 2 is 1.78 bits per heavy atom. The van der Waals surface area contributed by atoms with Crippen LogP contribution < -0.4 is 5.32 Å². The number of hydrogen-bond donors (Lipinski definition) is 1. The van der Waals surface area contributed by atoms with Crippen LogP contribution in [0.3, 0.4) is 0 Å². The molecule has 1 aromatic carbocycles. The molecule has 0 aliphatic carbocycles. The molecule has 0 aliphatic rings. The van der Waals surface area contributed by atoms with E-state index in [0.29, 0.717) is 11.1 Å². The first-order valence-corrected chi connectivity index (χ1v) is 6.38. The summed E-state index contributed by atoms with van der Waals surface area (Å²) < 4.78 is 27.5. The van der Waals surface area contributed by atoms with Crippen LogP contribution in [-0.4, -0.2) is 7.05 Å². The highest BCUT2D eigenvalue weighted by molar-refractivity contribution is 5.27. The van der Waals surface area contributed by atoms with Crippen molar-refractivity contribution in [2.45, 2.75) is 46.6 Å². The lowest BCUT2D eigenvalue weighted by Gasteiger charge is -2.23. The second-order valence-corrected chi connectivity index (χ2v) is 6.04. The quantitative estimate of drug-likeness (QED) is 0.843. The van der Waals surface area contributed by atoms with Crippen molar-refractivity contribution in [1.29, 1.82) is 0 Å². The molecular formula is C15H23F2N. The molecule has 0 aliphatic heterocycles. The highest BCUT2D eigenvalue weighted by Gasteiger charge is 2.20. The number of hydrogen-bond acceptors (Lipinski definition) is 1. The first kappa shape index (κ1) is 15.1. The maximum absolute atomic E-state index is 13.9. The molecule has 1 atom stereocenters. The molecule has 1 nitrogen and oxygen atoms in total. The summed E-state index contributed by atoms with van der Waals surface area (Å²) in [6, 6.07) is 3.17. The third-order valence-corrected chi connectivity index (χ3v) is 3.21. The predicted octanol–water partition coefficient (Wildman–Crippen LogP) is 4.36. The van der Waals surface area contributed by atoms with Crippen LogP contribution in [0.5, 0.6) is 0 Å². The second kappa shape index (κ2) is 5.79. The third-order valence-electron chi connectivity index (χ3n) is 3.21. The van der Waals surface area contributed by atoms with Crippen molar-refractivity contribution in [2.75, 3.05) is 7.05 Å². The van der Waals surface area contributed by atoms with Gasteiger partial charge in [0.2, 0.25) is 0 Å². The summed E-state index contributed by atoms with van der Waals surface area (Å²) in [6.45, 7) is 8.01. The molecule has 0 saturated heterocycles. The SMILES string of the molecule is CNC(CCC(C)(C)C)c1ccc(C)c(F)c1F. The Morgan fingerprint density at radius 1 is 1.17 bits per heavy atom. The minimum Gasteiger partial charge on any atom is -0.313 e. The average Bonchev–Trinajstić information content (AvgIpc) is 2.28. The molecule has 0 saturated carbocycles. The van der Waals surface area contributed by atoms with E-state index < -0.39 is 11.6 Å². The van der Waals surface area contributed by atoms with Crippen LogP contribution in [0.4, 0.5) is 8.78 Å². The van der Waals surface area contributed by atoms with Gasteiger partial charge in [-0.1, -0.05) is 32.9 Å². The van der Waals surface area contributed by atoms with Crippen LogP contribution >= 0.6 is 0 Å². The average molecular weight is 255 g/mol. The third kappa shape index (κ3) is 3.77. The Morgan fingerprint density at radius 3 is 2.28 bits per heavy atom. The van der Waals surface area contributed by atoms with E-state index in [1.807, 2.05) is 0 Å². The van der Waals surface area contributed by atoms with Crippen LogP contribution in [0.15, 0.2) is 12.1 Å². The Bertz CT molecular complexity index is 408. The lowest BCUT2D eigenvalue weighted by Crippen LogP contribution is -2.20. The fourth-order valence-electron chi connectivity index (χ4n) is 1.96. The van der Waals surface area contributed by atoms with Crippen molar-refractivity contribution in [1.82, 2.24) is 5.32 Å². The summed E-state index contributed by atoms with van der Waals surface area (Å²) in [5, 5.41) is 3.07. The minimum absolute atomic E-state index is 0.140. The lowest BCUT2D eigenvalue weighted by atomic mass is 9.87. The van der Waals surface area contributed by atoms with E-state index >= 15 is 0 Å². The van der Waals surface area contributed by atoms with Crippen molar-refractivity contribution in [3.63, 3.8) is 0 Å². The summed E-state index contributed by atoms with van der Waals surface area (Å²) in [5.41, 5.74) is 0.959. The maximum Gasteiger partial charge on any atom is 0.163 e. The van der Waals surface area contributed by atoms with Crippen molar-refractivity contribution in [2.24, 2.45) is 5.41 Å². The van der Waals surface area contributed by atoms with E-state index in [4.69, 9.17) is 0 Å². The van der Waals surface area contributed by atoms with Gasteiger partial charge >= 0.3 is 0 Å².